The van der Waals surface area contributed by atoms with E-state index < -0.39 is 11.9 Å². The summed E-state index contributed by atoms with van der Waals surface area (Å²) in [5.74, 6) is -0.551. The molecule has 4 nitrogen and oxygen atoms in total. The van der Waals surface area contributed by atoms with Crippen LogP contribution in [-0.2, 0) is 16.1 Å². The Morgan fingerprint density at radius 1 is 0.917 bits per heavy atom. The van der Waals surface area contributed by atoms with Crippen LogP contribution in [0.4, 0.5) is 0 Å². The molecule has 5 heteroatoms. The minimum Gasteiger partial charge on any atom is -0.462 e. The van der Waals surface area contributed by atoms with Gasteiger partial charge in [-0.1, -0.05) is 48.0 Å². The number of hydrogen-bond acceptors (Lipinski definition) is 4. The highest BCUT2D eigenvalue weighted by atomic mass is 79.9. The Hall–Kier alpha value is -2.14. The second kappa shape index (κ2) is 8.64. The maximum atomic E-state index is 12.1. The number of carbonyl (C=O) groups excluding carboxylic acids is 2. The molecule has 0 spiro atoms. The number of ether oxygens (including phenoxy) is 2. The molecule has 126 valence electrons. The van der Waals surface area contributed by atoms with Gasteiger partial charge in [0.15, 0.2) is 0 Å². The van der Waals surface area contributed by atoms with E-state index in [0.717, 1.165) is 10.0 Å². The summed E-state index contributed by atoms with van der Waals surface area (Å²) in [5.41, 5.74) is 1.69. The van der Waals surface area contributed by atoms with Gasteiger partial charge in [0.25, 0.3) is 0 Å². The molecular weight excluding hydrogens is 372 g/mol. The molecule has 2 rings (SSSR count). The van der Waals surface area contributed by atoms with Crippen LogP contribution < -0.4 is 0 Å². The minimum atomic E-state index is -0.437. The van der Waals surface area contributed by atoms with Crippen molar-refractivity contribution in [1.29, 1.82) is 0 Å². The van der Waals surface area contributed by atoms with Crippen molar-refractivity contribution in [2.75, 3.05) is 6.61 Å². The summed E-state index contributed by atoms with van der Waals surface area (Å²) in [7, 11) is 0. The predicted octanol–water partition coefficient (Wildman–Crippen LogP) is 4.62. The lowest BCUT2D eigenvalue weighted by Gasteiger charge is -2.08. The molecule has 0 radical (unpaired) electrons. The van der Waals surface area contributed by atoms with Crippen LogP contribution in [0.3, 0.4) is 0 Å². The van der Waals surface area contributed by atoms with Gasteiger partial charge in [0.1, 0.15) is 6.61 Å². The van der Waals surface area contributed by atoms with Gasteiger partial charge in [-0.3, -0.25) is 0 Å². The average Bonchev–Trinajstić information content (AvgIpc) is 2.58. The summed E-state index contributed by atoms with van der Waals surface area (Å²) in [4.78, 5) is 23.9. The van der Waals surface area contributed by atoms with E-state index >= 15 is 0 Å². The van der Waals surface area contributed by atoms with Gasteiger partial charge in [-0.2, -0.15) is 0 Å². The molecule has 0 aliphatic heterocycles. The molecule has 2 aromatic carbocycles. The Bertz CT molecular complexity index is 708. The third-order valence-corrected chi connectivity index (χ3v) is 3.99. The van der Waals surface area contributed by atoms with E-state index in [0.29, 0.717) is 17.7 Å². The first-order valence-corrected chi connectivity index (χ1v) is 8.44. The molecule has 0 amide bonds. The van der Waals surface area contributed by atoms with E-state index in [1.807, 2.05) is 38.1 Å². The quantitative estimate of drug-likeness (QED) is 0.675. The highest BCUT2D eigenvalue weighted by Crippen LogP contribution is 2.17. The lowest BCUT2D eigenvalue weighted by Crippen LogP contribution is -2.11. The number of hydrogen-bond donors (Lipinski definition) is 0. The Labute approximate surface area is 149 Å². The third-order valence-electron chi connectivity index (χ3n) is 3.22. The van der Waals surface area contributed by atoms with Gasteiger partial charge < -0.3 is 9.47 Å². The summed E-state index contributed by atoms with van der Waals surface area (Å²) in [6.45, 7) is 4.49. The topological polar surface area (TPSA) is 52.6 Å². The molecule has 0 fully saturated rings. The standard InChI is InChI=1S/C19H19BrO4/c1-13(2)11-23-18(21)14-7-9-15(10-8-14)19(22)24-12-16-5-3-4-6-17(16)20/h3-10,13H,11-12H2,1-2H3. The molecular formula is C19H19BrO4. The Morgan fingerprint density at radius 2 is 1.46 bits per heavy atom. The van der Waals surface area contributed by atoms with Crippen LogP contribution in [0.5, 0.6) is 0 Å². The van der Waals surface area contributed by atoms with E-state index in [9.17, 15) is 9.59 Å². The highest BCUT2D eigenvalue weighted by Gasteiger charge is 2.12. The van der Waals surface area contributed by atoms with Crippen LogP contribution >= 0.6 is 15.9 Å². The van der Waals surface area contributed by atoms with Crippen LogP contribution in [0.15, 0.2) is 53.0 Å². The second-order valence-electron chi connectivity index (χ2n) is 5.74. The summed E-state index contributed by atoms with van der Waals surface area (Å²) in [6.07, 6.45) is 0. The van der Waals surface area contributed by atoms with E-state index in [-0.39, 0.29) is 12.5 Å². The van der Waals surface area contributed by atoms with Crippen LogP contribution in [0.2, 0.25) is 0 Å². The molecule has 0 heterocycles. The number of halogens is 1. The lowest BCUT2D eigenvalue weighted by molar-refractivity contribution is 0.0450. The maximum absolute atomic E-state index is 12.1. The molecule has 24 heavy (non-hydrogen) atoms. The Morgan fingerprint density at radius 3 is 2.00 bits per heavy atom. The number of rotatable bonds is 6. The fourth-order valence-corrected chi connectivity index (χ4v) is 2.31. The van der Waals surface area contributed by atoms with Gasteiger partial charge in [0.2, 0.25) is 0 Å². The van der Waals surface area contributed by atoms with Crippen molar-refractivity contribution in [3.8, 4) is 0 Å². The number of esters is 2. The van der Waals surface area contributed by atoms with Crippen molar-refractivity contribution >= 4 is 27.9 Å². The fourth-order valence-electron chi connectivity index (χ4n) is 1.91. The molecule has 0 atom stereocenters. The van der Waals surface area contributed by atoms with Crippen LogP contribution in [0.1, 0.15) is 40.1 Å². The maximum Gasteiger partial charge on any atom is 0.338 e. The first-order valence-electron chi connectivity index (χ1n) is 7.65. The van der Waals surface area contributed by atoms with Crippen molar-refractivity contribution < 1.29 is 19.1 Å². The highest BCUT2D eigenvalue weighted by molar-refractivity contribution is 9.10. The second-order valence-corrected chi connectivity index (χ2v) is 6.59. The molecule has 0 unspecified atom stereocenters. The van der Waals surface area contributed by atoms with E-state index in [1.165, 1.54) is 0 Å². The first kappa shape index (κ1) is 18.2. The molecule has 0 saturated carbocycles. The molecule has 0 aromatic heterocycles. The zero-order chi connectivity index (χ0) is 17.5. The molecule has 0 aliphatic carbocycles. The molecule has 0 N–H and O–H groups in total. The molecule has 2 aromatic rings. The summed E-state index contributed by atoms with van der Waals surface area (Å²) < 4.78 is 11.3. The summed E-state index contributed by atoms with van der Waals surface area (Å²) in [5, 5.41) is 0. The largest absolute Gasteiger partial charge is 0.462 e. The lowest BCUT2D eigenvalue weighted by atomic mass is 10.1. The molecule has 0 bridgehead atoms. The first-order chi connectivity index (χ1) is 11.5. The normalized spacial score (nSPS) is 10.5. The zero-order valence-electron chi connectivity index (χ0n) is 13.6. The monoisotopic (exact) mass is 390 g/mol. The number of carbonyl (C=O) groups is 2. The van der Waals surface area contributed by atoms with Gasteiger partial charge in [-0.05, 0) is 36.2 Å². The van der Waals surface area contributed by atoms with Gasteiger partial charge in [0.05, 0.1) is 17.7 Å². The minimum absolute atomic E-state index is 0.179. The van der Waals surface area contributed by atoms with Crippen molar-refractivity contribution in [3.05, 3.63) is 69.7 Å². The van der Waals surface area contributed by atoms with Gasteiger partial charge >= 0.3 is 11.9 Å². The SMILES string of the molecule is CC(C)COC(=O)c1ccc(C(=O)OCc2ccccc2Br)cc1. The average molecular weight is 391 g/mol. The summed E-state index contributed by atoms with van der Waals surface area (Å²) in [6, 6.07) is 13.8. The van der Waals surface area contributed by atoms with Crippen LogP contribution in [-0.4, -0.2) is 18.5 Å². The van der Waals surface area contributed by atoms with Gasteiger partial charge in [-0.25, -0.2) is 9.59 Å². The number of benzene rings is 2. The predicted molar refractivity (Wildman–Crippen MR) is 94.8 cm³/mol. The van der Waals surface area contributed by atoms with Crippen LogP contribution in [0.25, 0.3) is 0 Å². The fraction of sp³-hybridized carbons (Fsp3) is 0.263. The van der Waals surface area contributed by atoms with Crippen LogP contribution in [0, 0.1) is 5.92 Å². The zero-order valence-corrected chi connectivity index (χ0v) is 15.2. The van der Waals surface area contributed by atoms with Crippen molar-refractivity contribution in [1.82, 2.24) is 0 Å². The van der Waals surface area contributed by atoms with Gasteiger partial charge in [-0.15, -0.1) is 0 Å². The summed E-state index contributed by atoms with van der Waals surface area (Å²) >= 11 is 3.41. The molecule has 0 saturated heterocycles. The van der Waals surface area contributed by atoms with Crippen molar-refractivity contribution in [2.45, 2.75) is 20.5 Å². The Balaban J connectivity index is 1.93. The van der Waals surface area contributed by atoms with E-state index in [4.69, 9.17) is 9.47 Å². The van der Waals surface area contributed by atoms with Gasteiger partial charge in [0, 0.05) is 10.0 Å². The van der Waals surface area contributed by atoms with Crippen molar-refractivity contribution in [2.24, 2.45) is 5.92 Å². The smallest absolute Gasteiger partial charge is 0.338 e. The molecule has 0 aliphatic rings. The van der Waals surface area contributed by atoms with Crippen molar-refractivity contribution in [3.63, 3.8) is 0 Å². The Kier molecular flexibility index (Phi) is 6.55. The van der Waals surface area contributed by atoms with E-state index in [1.54, 1.807) is 24.3 Å². The van der Waals surface area contributed by atoms with E-state index in [2.05, 4.69) is 15.9 Å². The third kappa shape index (κ3) is 5.20.